The molecule has 1 aliphatic rings. The molecule has 16 heavy (non-hydrogen) atoms. The van der Waals surface area contributed by atoms with Crippen LogP contribution in [0.25, 0.3) is 10.9 Å². The Hall–Kier alpha value is -1.31. The third-order valence-corrected chi connectivity index (χ3v) is 3.77. The first-order valence-corrected chi connectivity index (χ1v) is 5.88. The monoisotopic (exact) mass is 217 g/mol. The predicted molar refractivity (Wildman–Crippen MR) is 64.2 cm³/mol. The van der Waals surface area contributed by atoms with Crippen LogP contribution in [-0.2, 0) is 11.8 Å². The summed E-state index contributed by atoms with van der Waals surface area (Å²) in [5.74, 6) is -0.141. The Morgan fingerprint density at radius 2 is 2.12 bits per heavy atom. The predicted octanol–water partition coefficient (Wildman–Crippen LogP) is 3.92. The van der Waals surface area contributed by atoms with Crippen molar-refractivity contribution in [1.82, 2.24) is 4.98 Å². The highest BCUT2D eigenvalue weighted by Gasteiger charge is 2.30. The lowest BCUT2D eigenvalue weighted by molar-refractivity contribution is 0.423. The Morgan fingerprint density at radius 1 is 1.31 bits per heavy atom. The van der Waals surface area contributed by atoms with Gasteiger partial charge in [0, 0.05) is 22.0 Å². The minimum absolute atomic E-state index is 0.141. The quantitative estimate of drug-likeness (QED) is 0.688. The number of aryl methyl sites for hydroxylation is 1. The van der Waals surface area contributed by atoms with Crippen molar-refractivity contribution in [1.29, 1.82) is 0 Å². The molecule has 1 nitrogen and oxygen atoms in total. The molecule has 1 N–H and O–H groups in total. The lowest BCUT2D eigenvalue weighted by Crippen LogP contribution is -2.23. The maximum absolute atomic E-state index is 13.3. The normalized spacial score (nSPS) is 18.7. The van der Waals surface area contributed by atoms with Crippen LogP contribution in [0.1, 0.15) is 37.9 Å². The van der Waals surface area contributed by atoms with E-state index in [0.29, 0.717) is 0 Å². The van der Waals surface area contributed by atoms with Crippen LogP contribution >= 0.6 is 0 Å². The molecule has 0 fully saturated rings. The topological polar surface area (TPSA) is 15.8 Å². The maximum atomic E-state index is 13.3. The molecule has 0 saturated heterocycles. The maximum Gasteiger partial charge on any atom is 0.123 e. The number of aromatic amines is 1. The Labute approximate surface area is 94.7 Å². The number of hydrogen-bond donors (Lipinski definition) is 1. The van der Waals surface area contributed by atoms with Gasteiger partial charge in [-0.1, -0.05) is 13.8 Å². The molecule has 1 aromatic heterocycles. The minimum Gasteiger partial charge on any atom is -0.358 e. The van der Waals surface area contributed by atoms with Crippen LogP contribution in [0.4, 0.5) is 4.39 Å². The molecule has 1 aliphatic carbocycles. The summed E-state index contributed by atoms with van der Waals surface area (Å²) in [4.78, 5) is 3.47. The van der Waals surface area contributed by atoms with Gasteiger partial charge in [0.25, 0.3) is 0 Å². The molecule has 0 amide bonds. The molecule has 3 rings (SSSR count). The second-order valence-electron chi connectivity index (χ2n) is 5.41. The number of nitrogens with one attached hydrogen (secondary N) is 1. The van der Waals surface area contributed by atoms with Crippen molar-refractivity contribution in [3.05, 3.63) is 35.3 Å². The summed E-state index contributed by atoms with van der Waals surface area (Å²) < 4.78 is 13.3. The molecule has 1 heterocycles. The third-order valence-electron chi connectivity index (χ3n) is 3.77. The van der Waals surface area contributed by atoms with Gasteiger partial charge in [-0.2, -0.15) is 0 Å². The van der Waals surface area contributed by atoms with Crippen LogP contribution in [0.2, 0.25) is 0 Å². The molecule has 2 heteroatoms. The summed E-state index contributed by atoms with van der Waals surface area (Å²) in [6.45, 7) is 4.52. The van der Waals surface area contributed by atoms with Crippen molar-refractivity contribution in [2.45, 2.75) is 38.5 Å². The van der Waals surface area contributed by atoms with E-state index in [1.807, 2.05) is 6.07 Å². The molecule has 0 radical (unpaired) electrons. The zero-order valence-corrected chi connectivity index (χ0v) is 9.73. The average molecular weight is 217 g/mol. The van der Waals surface area contributed by atoms with Gasteiger partial charge in [0.1, 0.15) is 5.82 Å². The number of aromatic nitrogens is 1. The Morgan fingerprint density at radius 3 is 2.94 bits per heavy atom. The van der Waals surface area contributed by atoms with E-state index in [-0.39, 0.29) is 11.2 Å². The van der Waals surface area contributed by atoms with E-state index in [4.69, 9.17) is 0 Å². The first kappa shape index (κ1) is 9.88. The van der Waals surface area contributed by atoms with Crippen LogP contribution in [0, 0.1) is 5.82 Å². The standard InChI is InChI=1S/C14H16FN/c1-14(2)7-3-4-10-11-8-9(15)5-6-12(11)16-13(10)14/h5-6,8,16H,3-4,7H2,1-2H3. The number of halogens is 1. The lowest BCUT2D eigenvalue weighted by atomic mass is 9.76. The number of H-pyrrole nitrogens is 1. The van der Waals surface area contributed by atoms with E-state index >= 15 is 0 Å². The fraction of sp³-hybridized carbons (Fsp3) is 0.429. The molecule has 84 valence electrons. The van der Waals surface area contributed by atoms with E-state index < -0.39 is 0 Å². The lowest BCUT2D eigenvalue weighted by Gasteiger charge is -2.29. The molecule has 1 aromatic carbocycles. The van der Waals surface area contributed by atoms with E-state index in [9.17, 15) is 4.39 Å². The first-order valence-electron chi connectivity index (χ1n) is 5.88. The highest BCUT2D eigenvalue weighted by molar-refractivity contribution is 5.85. The van der Waals surface area contributed by atoms with E-state index in [2.05, 4.69) is 18.8 Å². The van der Waals surface area contributed by atoms with Crippen molar-refractivity contribution in [2.24, 2.45) is 0 Å². The summed E-state index contributed by atoms with van der Waals surface area (Å²) in [6.07, 6.45) is 3.47. The Balaban J connectivity index is 2.33. The second kappa shape index (κ2) is 3.09. The van der Waals surface area contributed by atoms with Crippen molar-refractivity contribution < 1.29 is 4.39 Å². The second-order valence-corrected chi connectivity index (χ2v) is 5.41. The number of fused-ring (bicyclic) bond motifs is 3. The van der Waals surface area contributed by atoms with Crippen molar-refractivity contribution >= 4 is 10.9 Å². The fourth-order valence-electron chi connectivity index (χ4n) is 2.89. The highest BCUT2D eigenvalue weighted by Crippen LogP contribution is 2.39. The minimum atomic E-state index is -0.141. The Kier molecular flexibility index (Phi) is 1.91. The third kappa shape index (κ3) is 1.29. The van der Waals surface area contributed by atoms with Gasteiger partial charge in [0.2, 0.25) is 0 Å². The Bertz CT molecular complexity index is 551. The van der Waals surface area contributed by atoms with E-state index in [1.165, 1.54) is 30.2 Å². The zero-order chi connectivity index (χ0) is 11.3. The molecule has 0 aliphatic heterocycles. The molecule has 2 aromatic rings. The van der Waals surface area contributed by atoms with Gasteiger partial charge in [0.05, 0.1) is 0 Å². The molecular formula is C14H16FN. The molecule has 0 spiro atoms. The van der Waals surface area contributed by atoms with Crippen LogP contribution < -0.4 is 0 Å². The molecule has 0 atom stereocenters. The average Bonchev–Trinajstić information content (AvgIpc) is 2.58. The van der Waals surface area contributed by atoms with Crippen LogP contribution in [0.3, 0.4) is 0 Å². The fourth-order valence-corrected chi connectivity index (χ4v) is 2.89. The van der Waals surface area contributed by atoms with E-state index in [0.717, 1.165) is 17.3 Å². The van der Waals surface area contributed by atoms with Crippen molar-refractivity contribution in [3.63, 3.8) is 0 Å². The number of rotatable bonds is 0. The summed E-state index contributed by atoms with van der Waals surface area (Å²) >= 11 is 0. The largest absolute Gasteiger partial charge is 0.358 e. The van der Waals surface area contributed by atoms with Crippen LogP contribution in [0.5, 0.6) is 0 Å². The van der Waals surface area contributed by atoms with Gasteiger partial charge >= 0.3 is 0 Å². The molecule has 0 bridgehead atoms. The summed E-state index contributed by atoms with van der Waals surface area (Å²) in [7, 11) is 0. The van der Waals surface area contributed by atoms with Gasteiger partial charge < -0.3 is 4.98 Å². The van der Waals surface area contributed by atoms with Gasteiger partial charge in [0.15, 0.2) is 0 Å². The number of hydrogen-bond acceptors (Lipinski definition) is 0. The first-order chi connectivity index (χ1) is 7.58. The van der Waals surface area contributed by atoms with Gasteiger partial charge in [-0.25, -0.2) is 4.39 Å². The van der Waals surface area contributed by atoms with E-state index in [1.54, 1.807) is 6.07 Å². The smallest absolute Gasteiger partial charge is 0.123 e. The van der Waals surface area contributed by atoms with Crippen LogP contribution in [-0.4, -0.2) is 4.98 Å². The summed E-state index contributed by atoms with van der Waals surface area (Å²) in [6, 6.07) is 5.03. The highest BCUT2D eigenvalue weighted by atomic mass is 19.1. The molecule has 0 unspecified atom stereocenters. The number of benzene rings is 1. The summed E-state index contributed by atoms with van der Waals surface area (Å²) in [5, 5.41) is 1.07. The van der Waals surface area contributed by atoms with Gasteiger partial charge in [-0.05, 0) is 43.0 Å². The molecule has 0 saturated carbocycles. The summed E-state index contributed by atoms with van der Waals surface area (Å²) in [5.41, 5.74) is 3.90. The van der Waals surface area contributed by atoms with Crippen molar-refractivity contribution in [3.8, 4) is 0 Å². The van der Waals surface area contributed by atoms with Crippen molar-refractivity contribution in [2.75, 3.05) is 0 Å². The van der Waals surface area contributed by atoms with Crippen LogP contribution in [0.15, 0.2) is 18.2 Å². The SMILES string of the molecule is CC1(C)CCCc2c1[nH]c1ccc(F)cc21. The van der Waals surface area contributed by atoms with Gasteiger partial charge in [-0.15, -0.1) is 0 Å². The van der Waals surface area contributed by atoms with Gasteiger partial charge in [-0.3, -0.25) is 0 Å². The zero-order valence-electron chi connectivity index (χ0n) is 9.73. The molecular weight excluding hydrogens is 201 g/mol.